The van der Waals surface area contributed by atoms with E-state index in [-0.39, 0.29) is 36.5 Å². The first-order valence-corrected chi connectivity index (χ1v) is 9.34. The molecule has 1 aromatic heterocycles. The Morgan fingerprint density at radius 3 is 2.71 bits per heavy atom. The molecule has 2 heterocycles. The van der Waals surface area contributed by atoms with Crippen LogP contribution in [0.2, 0.25) is 0 Å². The number of anilines is 1. The smallest absolute Gasteiger partial charge is 0.356 e. The van der Waals surface area contributed by atoms with E-state index in [1.165, 1.54) is 10.8 Å². The molecule has 1 N–H and O–H groups in total. The largest absolute Gasteiger partial charge is 0.461 e. The topological polar surface area (TPSA) is 93.5 Å². The van der Waals surface area contributed by atoms with Gasteiger partial charge in [0.1, 0.15) is 11.7 Å². The van der Waals surface area contributed by atoms with Gasteiger partial charge in [-0.25, -0.2) is 9.78 Å². The average Bonchev–Trinajstić information content (AvgIpc) is 3.30. The number of amides is 2. The fourth-order valence-electron chi connectivity index (χ4n) is 3.32. The molecule has 1 fully saturated rings. The van der Waals surface area contributed by atoms with Crippen molar-refractivity contribution in [3.05, 3.63) is 47.8 Å². The van der Waals surface area contributed by atoms with Gasteiger partial charge in [0.2, 0.25) is 17.8 Å². The first-order valence-electron chi connectivity index (χ1n) is 9.34. The summed E-state index contributed by atoms with van der Waals surface area (Å²) in [5.74, 6) is -0.632. The Bertz CT molecular complexity index is 862. The number of nitrogens with one attached hydrogen (secondary N) is 1. The lowest BCUT2D eigenvalue weighted by molar-refractivity contribution is -0.136. The van der Waals surface area contributed by atoms with Crippen LogP contribution >= 0.6 is 0 Å². The molecule has 1 aromatic carbocycles. The van der Waals surface area contributed by atoms with Gasteiger partial charge in [0.05, 0.1) is 19.2 Å². The molecular formula is C20H24N4O4. The van der Waals surface area contributed by atoms with Gasteiger partial charge < -0.3 is 14.2 Å². The molecule has 1 aliphatic rings. The van der Waals surface area contributed by atoms with E-state index < -0.39 is 12.0 Å². The molecule has 3 rings (SSSR count). The molecule has 0 spiro atoms. The molecule has 148 valence electrons. The van der Waals surface area contributed by atoms with E-state index in [2.05, 4.69) is 10.3 Å². The van der Waals surface area contributed by atoms with Crippen LogP contribution in [-0.2, 0) is 27.8 Å². The normalized spacial score (nSPS) is 16.1. The fraction of sp³-hybridized carbons (Fsp3) is 0.400. The van der Waals surface area contributed by atoms with Crippen molar-refractivity contribution in [2.24, 2.45) is 7.05 Å². The first-order chi connectivity index (χ1) is 13.5. The number of hydrogen-bond acceptors (Lipinski definition) is 5. The summed E-state index contributed by atoms with van der Waals surface area (Å²) in [6.07, 6.45) is 3.00. The molecule has 0 bridgehead atoms. The maximum atomic E-state index is 12.8. The highest BCUT2D eigenvalue weighted by atomic mass is 16.5. The molecule has 1 atom stereocenters. The number of esters is 1. The first kappa shape index (κ1) is 19.6. The molecule has 28 heavy (non-hydrogen) atoms. The number of aromatic nitrogens is 2. The summed E-state index contributed by atoms with van der Waals surface area (Å²) in [6.45, 7) is 2.53. The molecule has 1 saturated heterocycles. The lowest BCUT2D eigenvalue weighted by Crippen LogP contribution is -2.44. The quantitative estimate of drug-likeness (QED) is 0.766. The summed E-state index contributed by atoms with van der Waals surface area (Å²) in [6, 6.07) is 8.93. The van der Waals surface area contributed by atoms with Crippen molar-refractivity contribution in [2.45, 2.75) is 32.2 Å². The molecule has 0 unspecified atom stereocenters. The third-order valence-electron chi connectivity index (χ3n) is 4.78. The van der Waals surface area contributed by atoms with Gasteiger partial charge in [0.25, 0.3) is 0 Å². The summed E-state index contributed by atoms with van der Waals surface area (Å²) < 4.78 is 6.44. The van der Waals surface area contributed by atoms with Gasteiger partial charge in [0, 0.05) is 13.6 Å². The van der Waals surface area contributed by atoms with Gasteiger partial charge in [-0.3, -0.25) is 14.9 Å². The fourth-order valence-corrected chi connectivity index (χ4v) is 3.32. The Kier molecular flexibility index (Phi) is 6.08. The maximum absolute atomic E-state index is 12.8. The van der Waals surface area contributed by atoms with E-state index in [0.29, 0.717) is 13.0 Å². The second kappa shape index (κ2) is 8.69. The van der Waals surface area contributed by atoms with Gasteiger partial charge in [-0.2, -0.15) is 0 Å². The minimum atomic E-state index is -0.543. The van der Waals surface area contributed by atoms with E-state index in [1.54, 1.807) is 18.9 Å². The molecule has 0 saturated carbocycles. The van der Waals surface area contributed by atoms with E-state index in [4.69, 9.17) is 4.74 Å². The molecule has 8 nitrogen and oxygen atoms in total. The maximum Gasteiger partial charge on any atom is 0.356 e. The van der Waals surface area contributed by atoms with Crippen LogP contribution < -0.4 is 5.32 Å². The zero-order valence-corrected chi connectivity index (χ0v) is 16.1. The molecular weight excluding hydrogens is 360 g/mol. The number of rotatable bonds is 6. The SMILES string of the molecule is CCOC(=O)c1cnc(NC(=O)[C@@H]2CCCN2C(=O)Cc2ccccc2)n1C. The number of hydrogen-bond donors (Lipinski definition) is 1. The summed E-state index contributed by atoms with van der Waals surface area (Å²) in [7, 11) is 1.63. The van der Waals surface area contributed by atoms with Crippen LogP contribution in [0.1, 0.15) is 35.8 Å². The zero-order chi connectivity index (χ0) is 20.1. The molecule has 2 aromatic rings. The summed E-state index contributed by atoms with van der Waals surface area (Å²) in [4.78, 5) is 43.0. The van der Waals surface area contributed by atoms with Crippen molar-refractivity contribution in [3.63, 3.8) is 0 Å². The predicted molar refractivity (Wildman–Crippen MR) is 103 cm³/mol. The van der Waals surface area contributed by atoms with Crippen molar-refractivity contribution in [3.8, 4) is 0 Å². The van der Waals surface area contributed by atoms with Gasteiger partial charge in [0.15, 0.2) is 0 Å². The van der Waals surface area contributed by atoms with E-state index >= 15 is 0 Å². The van der Waals surface area contributed by atoms with Gasteiger partial charge in [-0.1, -0.05) is 30.3 Å². The average molecular weight is 384 g/mol. The van der Waals surface area contributed by atoms with Gasteiger partial charge in [-0.15, -0.1) is 0 Å². The summed E-state index contributed by atoms with van der Waals surface area (Å²) in [5.41, 5.74) is 1.17. The van der Waals surface area contributed by atoms with Crippen molar-refractivity contribution < 1.29 is 19.1 Å². The lowest BCUT2D eigenvalue weighted by atomic mass is 10.1. The Morgan fingerprint density at radius 2 is 2.00 bits per heavy atom. The van der Waals surface area contributed by atoms with Crippen LogP contribution in [-0.4, -0.2) is 51.4 Å². The predicted octanol–water partition coefficient (Wildman–Crippen LogP) is 1.77. The second-order valence-corrected chi connectivity index (χ2v) is 6.64. The van der Waals surface area contributed by atoms with Crippen LogP contribution in [0.3, 0.4) is 0 Å². The Morgan fingerprint density at radius 1 is 1.25 bits per heavy atom. The molecule has 0 aliphatic carbocycles. The van der Waals surface area contributed by atoms with Crippen molar-refractivity contribution in [1.29, 1.82) is 0 Å². The van der Waals surface area contributed by atoms with Gasteiger partial charge in [-0.05, 0) is 25.3 Å². The third-order valence-corrected chi connectivity index (χ3v) is 4.78. The van der Waals surface area contributed by atoms with Crippen molar-refractivity contribution >= 4 is 23.7 Å². The molecule has 1 aliphatic heterocycles. The molecule has 0 radical (unpaired) electrons. The van der Waals surface area contributed by atoms with E-state index in [0.717, 1.165) is 12.0 Å². The second-order valence-electron chi connectivity index (χ2n) is 6.64. The standard InChI is InChI=1S/C20H24N4O4/c1-3-28-19(27)16-13-21-20(23(16)2)22-18(26)15-10-7-11-24(15)17(25)12-14-8-5-4-6-9-14/h4-6,8-9,13,15H,3,7,10-12H2,1-2H3,(H,21,22,26)/t15-/m0/s1. The van der Waals surface area contributed by atoms with Crippen LogP contribution in [0.4, 0.5) is 5.95 Å². The highest BCUT2D eigenvalue weighted by molar-refractivity contribution is 5.97. The number of carbonyl (C=O) groups is 3. The van der Waals surface area contributed by atoms with E-state index in [9.17, 15) is 14.4 Å². The number of likely N-dealkylation sites (tertiary alicyclic amines) is 1. The van der Waals surface area contributed by atoms with E-state index in [1.807, 2.05) is 30.3 Å². The Labute approximate surface area is 163 Å². The number of nitrogens with zero attached hydrogens (tertiary/aromatic N) is 3. The van der Waals surface area contributed by atoms with Crippen molar-refractivity contribution in [1.82, 2.24) is 14.5 Å². The minimum Gasteiger partial charge on any atom is -0.461 e. The minimum absolute atomic E-state index is 0.0732. The zero-order valence-electron chi connectivity index (χ0n) is 16.1. The van der Waals surface area contributed by atoms with Crippen molar-refractivity contribution in [2.75, 3.05) is 18.5 Å². The Balaban J connectivity index is 1.66. The highest BCUT2D eigenvalue weighted by Gasteiger charge is 2.34. The monoisotopic (exact) mass is 384 g/mol. The van der Waals surface area contributed by atoms with Crippen LogP contribution in [0.5, 0.6) is 0 Å². The van der Waals surface area contributed by atoms with Crippen LogP contribution in [0.25, 0.3) is 0 Å². The van der Waals surface area contributed by atoms with Crippen LogP contribution in [0, 0.1) is 0 Å². The molecule has 2 amide bonds. The summed E-state index contributed by atoms with van der Waals surface area (Å²) in [5, 5.41) is 2.73. The number of imidazole rings is 1. The van der Waals surface area contributed by atoms with Gasteiger partial charge >= 0.3 is 5.97 Å². The molecule has 8 heteroatoms. The van der Waals surface area contributed by atoms with Crippen LogP contribution in [0.15, 0.2) is 36.5 Å². The number of ether oxygens (including phenoxy) is 1. The third kappa shape index (κ3) is 4.21. The summed E-state index contributed by atoms with van der Waals surface area (Å²) >= 11 is 0. The number of benzene rings is 1. The number of carbonyl (C=O) groups excluding carboxylic acids is 3. The lowest BCUT2D eigenvalue weighted by Gasteiger charge is -2.24. The Hall–Kier alpha value is -3.16. The highest BCUT2D eigenvalue weighted by Crippen LogP contribution is 2.21.